The number of rotatable bonds is 2. The molecule has 0 heteroatoms. The molecule has 1 saturated carbocycles. The average molecular weight is 292 g/mol. The molecular weight excluding hydrogens is 264 g/mol. The monoisotopic (exact) mass is 292 g/mol. The van der Waals surface area contributed by atoms with Gasteiger partial charge in [-0.1, -0.05) is 80.9 Å². The molecule has 0 aliphatic heterocycles. The summed E-state index contributed by atoms with van der Waals surface area (Å²) in [6.45, 7) is 4.92. The Hall–Kier alpha value is -1.56. The van der Waals surface area contributed by atoms with Crippen molar-refractivity contribution in [2.45, 2.75) is 57.3 Å². The molecule has 116 valence electrons. The minimum Gasteiger partial charge on any atom is -0.0625 e. The summed E-state index contributed by atoms with van der Waals surface area (Å²) in [5.41, 5.74) is 3.42. The molecular formula is C22H28. The first-order valence-electron chi connectivity index (χ1n) is 8.78. The maximum Gasteiger partial charge on any atom is -0.00727 e. The normalized spacial score (nSPS) is 29.5. The van der Waals surface area contributed by atoms with Crippen molar-refractivity contribution in [1.82, 2.24) is 0 Å². The van der Waals surface area contributed by atoms with E-state index in [1.54, 1.807) is 0 Å². The Kier molecular flexibility index (Phi) is 4.66. The van der Waals surface area contributed by atoms with E-state index in [4.69, 9.17) is 0 Å². The molecule has 0 heterocycles. The molecule has 0 N–H and O–H groups in total. The highest BCUT2D eigenvalue weighted by atomic mass is 14.4. The largest absolute Gasteiger partial charge is 0.0625 e. The second-order valence-corrected chi connectivity index (χ2v) is 7.47. The van der Waals surface area contributed by atoms with Gasteiger partial charge in [0, 0.05) is 0 Å². The summed E-state index contributed by atoms with van der Waals surface area (Å²) < 4.78 is 0. The minimum atomic E-state index is 0.350. The molecule has 0 nitrogen and oxygen atoms in total. The zero-order valence-electron chi connectivity index (χ0n) is 14.0. The molecule has 22 heavy (non-hydrogen) atoms. The van der Waals surface area contributed by atoms with Crippen molar-refractivity contribution in [3.63, 3.8) is 0 Å². The topological polar surface area (TPSA) is 0 Å². The van der Waals surface area contributed by atoms with Crippen molar-refractivity contribution < 1.29 is 0 Å². The van der Waals surface area contributed by atoms with Crippen molar-refractivity contribution in [2.75, 3.05) is 0 Å². The van der Waals surface area contributed by atoms with Gasteiger partial charge in [-0.05, 0) is 54.1 Å². The molecule has 0 saturated heterocycles. The van der Waals surface area contributed by atoms with E-state index in [2.05, 4.69) is 74.5 Å². The molecule has 1 aliphatic carbocycles. The molecule has 3 rings (SSSR count). The van der Waals surface area contributed by atoms with E-state index in [1.165, 1.54) is 43.2 Å². The van der Waals surface area contributed by atoms with Crippen LogP contribution < -0.4 is 0 Å². The van der Waals surface area contributed by atoms with Crippen LogP contribution in [-0.4, -0.2) is 0 Å². The highest BCUT2D eigenvalue weighted by Crippen LogP contribution is 2.42. The molecule has 0 amide bonds. The Morgan fingerprint density at radius 2 is 1.55 bits per heavy atom. The maximum atomic E-state index is 2.47. The quantitative estimate of drug-likeness (QED) is 0.607. The van der Waals surface area contributed by atoms with Gasteiger partial charge in [0.15, 0.2) is 0 Å². The Morgan fingerprint density at radius 3 is 2.23 bits per heavy atom. The van der Waals surface area contributed by atoms with Crippen LogP contribution in [0.3, 0.4) is 0 Å². The fourth-order valence-electron chi connectivity index (χ4n) is 4.43. The summed E-state index contributed by atoms with van der Waals surface area (Å²) in [5.74, 6) is 1.52. The third kappa shape index (κ3) is 3.43. The molecule has 2 aromatic carbocycles. The van der Waals surface area contributed by atoms with Crippen LogP contribution in [0.1, 0.15) is 63.0 Å². The average Bonchev–Trinajstić information content (AvgIpc) is 2.54. The van der Waals surface area contributed by atoms with E-state index in [0.717, 1.165) is 11.8 Å². The van der Waals surface area contributed by atoms with Crippen LogP contribution in [0.4, 0.5) is 0 Å². The Balaban J connectivity index is 1.76. The molecule has 1 fully saturated rings. The van der Waals surface area contributed by atoms with Gasteiger partial charge in [0.05, 0.1) is 0 Å². The van der Waals surface area contributed by atoms with Crippen LogP contribution in [0.15, 0.2) is 60.7 Å². The predicted octanol–water partition coefficient (Wildman–Crippen LogP) is 6.33. The van der Waals surface area contributed by atoms with Gasteiger partial charge in [0.25, 0.3) is 0 Å². The lowest BCUT2D eigenvalue weighted by molar-refractivity contribution is 0.265. The van der Waals surface area contributed by atoms with Gasteiger partial charge in [0.1, 0.15) is 0 Å². The Labute approximate surface area is 135 Å². The second kappa shape index (κ2) is 6.69. The molecule has 2 aromatic rings. The number of benzene rings is 2. The number of hydrogen-bond acceptors (Lipinski definition) is 0. The van der Waals surface area contributed by atoms with Crippen molar-refractivity contribution >= 4 is 0 Å². The van der Waals surface area contributed by atoms with Gasteiger partial charge in [-0.25, -0.2) is 0 Å². The van der Waals surface area contributed by atoms with E-state index >= 15 is 0 Å². The lowest BCUT2D eigenvalue weighted by Crippen LogP contribution is -2.27. The second-order valence-electron chi connectivity index (χ2n) is 7.47. The van der Waals surface area contributed by atoms with E-state index in [1.807, 2.05) is 0 Å². The first-order valence-corrected chi connectivity index (χ1v) is 8.78. The third-order valence-electron chi connectivity index (χ3n) is 5.51. The smallest absolute Gasteiger partial charge is 0.00727 e. The minimum absolute atomic E-state index is 0.350. The summed E-state index contributed by atoms with van der Waals surface area (Å²) in [4.78, 5) is 0. The highest BCUT2D eigenvalue weighted by Gasteiger charge is 2.31. The summed E-state index contributed by atoms with van der Waals surface area (Å²) in [6.07, 6.45) is 6.60. The van der Waals surface area contributed by atoms with Crippen molar-refractivity contribution in [3.8, 4) is 0 Å². The van der Waals surface area contributed by atoms with Crippen LogP contribution in [-0.2, 0) is 5.41 Å². The van der Waals surface area contributed by atoms with E-state index in [9.17, 15) is 0 Å². The zero-order valence-corrected chi connectivity index (χ0v) is 14.0. The Bertz CT molecular complexity index is 572. The van der Waals surface area contributed by atoms with Crippen molar-refractivity contribution in [1.29, 1.82) is 0 Å². The van der Waals surface area contributed by atoms with E-state index in [0.29, 0.717) is 5.41 Å². The fourth-order valence-corrected chi connectivity index (χ4v) is 4.43. The van der Waals surface area contributed by atoms with Gasteiger partial charge in [-0.3, -0.25) is 0 Å². The third-order valence-corrected chi connectivity index (χ3v) is 5.51. The standard InChI is InChI=1S/C22H28/c1-18-16-20(19-10-5-3-6-11-19)12-9-15-22(2,17-18)21-13-7-4-8-14-21/h3-8,10-11,13-14,18,20H,9,12,15-17H2,1-2H3. The summed E-state index contributed by atoms with van der Waals surface area (Å²) in [6, 6.07) is 22.3. The first kappa shape index (κ1) is 15.3. The zero-order chi connectivity index (χ0) is 15.4. The summed E-state index contributed by atoms with van der Waals surface area (Å²) in [7, 11) is 0. The van der Waals surface area contributed by atoms with Crippen LogP contribution >= 0.6 is 0 Å². The Morgan fingerprint density at radius 1 is 0.909 bits per heavy atom. The van der Waals surface area contributed by atoms with Gasteiger partial charge < -0.3 is 0 Å². The number of hydrogen-bond donors (Lipinski definition) is 0. The molecule has 0 aromatic heterocycles. The molecule has 3 unspecified atom stereocenters. The van der Waals surface area contributed by atoms with Crippen molar-refractivity contribution in [3.05, 3.63) is 71.8 Å². The van der Waals surface area contributed by atoms with Crippen molar-refractivity contribution in [2.24, 2.45) is 5.92 Å². The van der Waals surface area contributed by atoms with Crippen LogP contribution in [0.25, 0.3) is 0 Å². The summed E-state index contributed by atoms with van der Waals surface area (Å²) in [5, 5.41) is 0. The molecule has 0 spiro atoms. The van der Waals surface area contributed by atoms with Gasteiger partial charge >= 0.3 is 0 Å². The lowest BCUT2D eigenvalue weighted by Gasteiger charge is -2.37. The van der Waals surface area contributed by atoms with Gasteiger partial charge in [-0.15, -0.1) is 0 Å². The van der Waals surface area contributed by atoms with Crippen LogP contribution in [0, 0.1) is 5.92 Å². The molecule has 1 aliphatic rings. The first-order chi connectivity index (χ1) is 10.7. The molecule has 0 bridgehead atoms. The fraction of sp³-hybridized carbons (Fsp3) is 0.455. The van der Waals surface area contributed by atoms with Gasteiger partial charge in [0.2, 0.25) is 0 Å². The van der Waals surface area contributed by atoms with E-state index in [-0.39, 0.29) is 0 Å². The highest BCUT2D eigenvalue weighted by molar-refractivity contribution is 5.25. The molecule has 3 atom stereocenters. The predicted molar refractivity (Wildman–Crippen MR) is 95.2 cm³/mol. The maximum absolute atomic E-state index is 2.47. The van der Waals surface area contributed by atoms with E-state index < -0.39 is 0 Å². The van der Waals surface area contributed by atoms with Crippen LogP contribution in [0.2, 0.25) is 0 Å². The molecule has 0 radical (unpaired) electrons. The SMILES string of the molecule is CC1CC(c2ccccc2)CCCC(C)(c2ccccc2)C1. The van der Waals surface area contributed by atoms with Crippen LogP contribution in [0.5, 0.6) is 0 Å². The summed E-state index contributed by atoms with van der Waals surface area (Å²) >= 11 is 0. The van der Waals surface area contributed by atoms with Gasteiger partial charge in [-0.2, -0.15) is 0 Å². The lowest BCUT2D eigenvalue weighted by atomic mass is 9.68.